The summed E-state index contributed by atoms with van der Waals surface area (Å²) in [6.07, 6.45) is 2.48. The van der Waals surface area contributed by atoms with E-state index in [-0.39, 0.29) is 0 Å². The van der Waals surface area contributed by atoms with Crippen LogP contribution in [0.15, 0.2) is 24.3 Å². The minimum atomic E-state index is 0.846. The van der Waals surface area contributed by atoms with Crippen LogP contribution in [0.1, 0.15) is 18.4 Å². The van der Waals surface area contributed by atoms with Crippen molar-refractivity contribution < 1.29 is 9.47 Å². The molecule has 0 radical (unpaired) electrons. The molecule has 4 heteroatoms. The maximum absolute atomic E-state index is 5.45. The molecule has 22 heavy (non-hydrogen) atoms. The monoisotopic (exact) mass is 304 g/mol. The topological polar surface area (TPSA) is 24.9 Å². The SMILES string of the molecule is COc1cccc(CN2CCN(CC3CCOCC3)CC2)c1. The molecule has 0 aliphatic carbocycles. The fraction of sp³-hybridized carbons (Fsp3) is 0.667. The first-order valence-corrected chi connectivity index (χ1v) is 8.49. The molecule has 0 atom stereocenters. The third-order valence-corrected chi connectivity index (χ3v) is 4.86. The Hall–Kier alpha value is -1.10. The van der Waals surface area contributed by atoms with Gasteiger partial charge in [-0.2, -0.15) is 0 Å². The third kappa shape index (κ3) is 4.45. The van der Waals surface area contributed by atoms with E-state index in [1.807, 2.05) is 6.07 Å². The second-order valence-electron chi connectivity index (χ2n) is 6.48. The van der Waals surface area contributed by atoms with Crippen molar-refractivity contribution in [3.8, 4) is 5.75 Å². The van der Waals surface area contributed by atoms with Crippen LogP contribution >= 0.6 is 0 Å². The summed E-state index contributed by atoms with van der Waals surface area (Å²) in [7, 11) is 1.73. The fourth-order valence-electron chi connectivity index (χ4n) is 3.45. The van der Waals surface area contributed by atoms with Crippen LogP contribution < -0.4 is 4.74 Å². The Morgan fingerprint density at radius 2 is 1.82 bits per heavy atom. The van der Waals surface area contributed by atoms with Gasteiger partial charge in [-0.1, -0.05) is 12.1 Å². The van der Waals surface area contributed by atoms with Crippen molar-refractivity contribution in [2.24, 2.45) is 5.92 Å². The minimum Gasteiger partial charge on any atom is -0.497 e. The van der Waals surface area contributed by atoms with Gasteiger partial charge in [0.1, 0.15) is 5.75 Å². The average Bonchev–Trinajstić information content (AvgIpc) is 2.58. The van der Waals surface area contributed by atoms with Crippen molar-refractivity contribution in [2.75, 3.05) is 53.0 Å². The Morgan fingerprint density at radius 1 is 1.09 bits per heavy atom. The first-order valence-electron chi connectivity index (χ1n) is 8.49. The van der Waals surface area contributed by atoms with Crippen LogP contribution in [0.3, 0.4) is 0 Å². The molecule has 0 spiro atoms. The lowest BCUT2D eigenvalue weighted by atomic mass is 9.99. The molecule has 0 N–H and O–H groups in total. The number of hydrogen-bond acceptors (Lipinski definition) is 4. The van der Waals surface area contributed by atoms with Gasteiger partial charge in [0.25, 0.3) is 0 Å². The highest BCUT2D eigenvalue weighted by atomic mass is 16.5. The molecule has 0 aromatic heterocycles. The number of ether oxygens (including phenoxy) is 2. The number of methoxy groups -OCH3 is 1. The van der Waals surface area contributed by atoms with Crippen molar-refractivity contribution in [3.63, 3.8) is 0 Å². The highest BCUT2D eigenvalue weighted by Crippen LogP contribution is 2.18. The number of hydrogen-bond donors (Lipinski definition) is 0. The normalized spacial score (nSPS) is 21.9. The predicted octanol–water partition coefficient (Wildman–Crippen LogP) is 2.24. The quantitative estimate of drug-likeness (QED) is 0.833. The van der Waals surface area contributed by atoms with Crippen molar-refractivity contribution >= 4 is 0 Å². The zero-order valence-electron chi connectivity index (χ0n) is 13.7. The van der Waals surface area contributed by atoms with Crippen molar-refractivity contribution in [3.05, 3.63) is 29.8 Å². The Morgan fingerprint density at radius 3 is 2.55 bits per heavy atom. The fourth-order valence-corrected chi connectivity index (χ4v) is 3.45. The molecule has 3 rings (SSSR count). The zero-order valence-corrected chi connectivity index (χ0v) is 13.7. The van der Waals surface area contributed by atoms with Crippen LogP contribution in [0.2, 0.25) is 0 Å². The Balaban J connectivity index is 1.43. The Labute approximate surface area is 134 Å². The third-order valence-electron chi connectivity index (χ3n) is 4.86. The highest BCUT2D eigenvalue weighted by Gasteiger charge is 2.21. The van der Waals surface area contributed by atoms with E-state index < -0.39 is 0 Å². The van der Waals surface area contributed by atoms with Crippen LogP contribution in [0.4, 0.5) is 0 Å². The Kier molecular flexibility index (Phi) is 5.70. The Bertz CT molecular complexity index is 452. The summed E-state index contributed by atoms with van der Waals surface area (Å²) in [5.74, 6) is 1.80. The molecule has 2 aliphatic rings. The van der Waals surface area contributed by atoms with Crippen molar-refractivity contribution in [1.29, 1.82) is 0 Å². The average molecular weight is 304 g/mol. The molecule has 4 nitrogen and oxygen atoms in total. The molecular weight excluding hydrogens is 276 g/mol. The van der Waals surface area contributed by atoms with Crippen molar-refractivity contribution in [2.45, 2.75) is 19.4 Å². The molecule has 122 valence electrons. The van der Waals surface area contributed by atoms with Gasteiger partial charge in [-0.25, -0.2) is 0 Å². The molecule has 0 amide bonds. The molecular formula is C18H28N2O2. The molecule has 1 aromatic carbocycles. The van der Waals surface area contributed by atoms with E-state index in [0.29, 0.717) is 0 Å². The van der Waals surface area contributed by atoms with Gasteiger partial charge >= 0.3 is 0 Å². The van der Waals surface area contributed by atoms with E-state index in [4.69, 9.17) is 9.47 Å². The summed E-state index contributed by atoms with van der Waals surface area (Å²) in [5.41, 5.74) is 1.34. The lowest BCUT2D eigenvalue weighted by Gasteiger charge is -2.37. The highest BCUT2D eigenvalue weighted by molar-refractivity contribution is 5.28. The van der Waals surface area contributed by atoms with Crippen LogP contribution in [-0.2, 0) is 11.3 Å². The van der Waals surface area contributed by atoms with Gasteiger partial charge < -0.3 is 14.4 Å². The molecule has 2 saturated heterocycles. The van der Waals surface area contributed by atoms with E-state index in [1.165, 1.54) is 51.1 Å². The van der Waals surface area contributed by atoms with E-state index >= 15 is 0 Å². The number of piperazine rings is 1. The maximum atomic E-state index is 5.45. The van der Waals surface area contributed by atoms with E-state index in [9.17, 15) is 0 Å². The zero-order chi connectivity index (χ0) is 15.2. The summed E-state index contributed by atoms with van der Waals surface area (Å²) >= 11 is 0. The summed E-state index contributed by atoms with van der Waals surface area (Å²) in [6.45, 7) is 8.93. The van der Waals surface area contributed by atoms with Gasteiger partial charge in [-0.15, -0.1) is 0 Å². The van der Waals surface area contributed by atoms with E-state index in [2.05, 4.69) is 28.0 Å². The summed E-state index contributed by atoms with van der Waals surface area (Å²) in [5, 5.41) is 0. The molecule has 0 unspecified atom stereocenters. The van der Waals surface area contributed by atoms with Gasteiger partial charge in [0.15, 0.2) is 0 Å². The lowest BCUT2D eigenvalue weighted by molar-refractivity contribution is 0.0415. The molecule has 1 aromatic rings. The summed E-state index contributed by atoms with van der Waals surface area (Å²) < 4.78 is 10.8. The van der Waals surface area contributed by atoms with E-state index in [0.717, 1.165) is 31.4 Å². The maximum Gasteiger partial charge on any atom is 0.119 e. The molecule has 0 saturated carbocycles. The van der Waals surface area contributed by atoms with Crippen LogP contribution in [0.25, 0.3) is 0 Å². The lowest BCUT2D eigenvalue weighted by Crippen LogP contribution is -2.47. The van der Waals surface area contributed by atoms with Gasteiger partial charge in [0.2, 0.25) is 0 Å². The van der Waals surface area contributed by atoms with E-state index in [1.54, 1.807) is 7.11 Å². The second kappa shape index (κ2) is 7.95. The largest absolute Gasteiger partial charge is 0.497 e. The summed E-state index contributed by atoms with van der Waals surface area (Å²) in [6, 6.07) is 8.43. The minimum absolute atomic E-state index is 0.846. The number of rotatable bonds is 5. The summed E-state index contributed by atoms with van der Waals surface area (Å²) in [4.78, 5) is 5.19. The van der Waals surface area contributed by atoms with Crippen LogP contribution in [0, 0.1) is 5.92 Å². The molecule has 2 heterocycles. The standard InChI is InChI=1S/C18H28N2O2/c1-21-18-4-2-3-17(13-18)15-20-9-7-19(8-10-20)14-16-5-11-22-12-6-16/h2-4,13,16H,5-12,14-15H2,1H3. The van der Waals surface area contributed by atoms with Gasteiger partial charge in [-0.3, -0.25) is 4.90 Å². The van der Waals surface area contributed by atoms with Crippen LogP contribution in [0.5, 0.6) is 5.75 Å². The number of benzene rings is 1. The predicted molar refractivity (Wildman–Crippen MR) is 88.3 cm³/mol. The molecule has 2 aliphatic heterocycles. The smallest absolute Gasteiger partial charge is 0.119 e. The van der Waals surface area contributed by atoms with Gasteiger partial charge in [-0.05, 0) is 36.5 Å². The van der Waals surface area contributed by atoms with Crippen molar-refractivity contribution in [1.82, 2.24) is 9.80 Å². The van der Waals surface area contributed by atoms with Crippen LogP contribution in [-0.4, -0.2) is 62.8 Å². The second-order valence-corrected chi connectivity index (χ2v) is 6.48. The molecule has 2 fully saturated rings. The first-order chi connectivity index (χ1) is 10.8. The number of nitrogens with zero attached hydrogens (tertiary/aromatic N) is 2. The first kappa shape index (κ1) is 15.8. The van der Waals surface area contributed by atoms with Gasteiger partial charge in [0.05, 0.1) is 7.11 Å². The van der Waals surface area contributed by atoms with Gasteiger partial charge in [0, 0.05) is 52.5 Å². The molecule has 0 bridgehead atoms.